The van der Waals surface area contributed by atoms with Crippen LogP contribution in [0.5, 0.6) is 11.5 Å². The first kappa shape index (κ1) is 22.9. The molecule has 3 rings (SSSR count). The fourth-order valence-electron chi connectivity index (χ4n) is 2.67. The first-order valence-corrected chi connectivity index (χ1v) is 10.0. The third-order valence-corrected chi connectivity index (χ3v) is 4.90. The number of nitrogens with one attached hydrogen (secondary N) is 1. The lowest BCUT2D eigenvalue weighted by Crippen LogP contribution is -2.14. The van der Waals surface area contributed by atoms with Crippen LogP contribution in [0.1, 0.15) is 15.9 Å². The molecular formula is C24H16Cl2N2O4. The number of hydrogen-bond acceptors (Lipinski definition) is 5. The number of amides is 1. The second kappa shape index (κ2) is 10.5. The van der Waals surface area contributed by atoms with Crippen molar-refractivity contribution in [3.8, 4) is 17.6 Å². The Balaban J connectivity index is 1.77. The second-order valence-electron chi connectivity index (χ2n) is 6.41. The smallest absolute Gasteiger partial charge is 0.343 e. The fraction of sp³-hybridized carbons (Fsp3) is 0.0417. The number of hydrogen-bond donors (Lipinski definition) is 1. The molecule has 0 unspecified atom stereocenters. The highest BCUT2D eigenvalue weighted by Gasteiger charge is 2.14. The number of rotatable bonds is 6. The van der Waals surface area contributed by atoms with Gasteiger partial charge in [-0.15, -0.1) is 0 Å². The quantitative estimate of drug-likeness (QED) is 0.215. The van der Waals surface area contributed by atoms with Gasteiger partial charge in [0.15, 0.2) is 0 Å². The molecule has 0 aliphatic rings. The molecule has 0 heterocycles. The third-order valence-electron chi connectivity index (χ3n) is 4.27. The summed E-state index contributed by atoms with van der Waals surface area (Å²) in [5.41, 5.74) is 0.867. The summed E-state index contributed by atoms with van der Waals surface area (Å²) in [5.74, 6) is -0.357. The van der Waals surface area contributed by atoms with Crippen molar-refractivity contribution in [1.29, 1.82) is 5.26 Å². The number of benzene rings is 3. The Morgan fingerprint density at radius 3 is 2.25 bits per heavy atom. The number of para-hydroxylation sites is 1. The van der Waals surface area contributed by atoms with Crippen LogP contribution < -0.4 is 14.8 Å². The zero-order chi connectivity index (χ0) is 23.1. The number of carbonyl (C=O) groups is 2. The molecule has 32 heavy (non-hydrogen) atoms. The van der Waals surface area contributed by atoms with Crippen LogP contribution in [0.2, 0.25) is 10.0 Å². The van der Waals surface area contributed by atoms with Crippen LogP contribution in [-0.4, -0.2) is 19.0 Å². The van der Waals surface area contributed by atoms with Gasteiger partial charge in [-0.25, -0.2) is 4.79 Å². The average molecular weight is 467 g/mol. The van der Waals surface area contributed by atoms with E-state index in [2.05, 4.69) is 5.32 Å². The van der Waals surface area contributed by atoms with Crippen LogP contribution in [0.3, 0.4) is 0 Å². The maximum Gasteiger partial charge on any atom is 0.343 e. The first-order valence-electron chi connectivity index (χ1n) is 9.24. The Morgan fingerprint density at radius 2 is 1.62 bits per heavy atom. The molecule has 1 N–H and O–H groups in total. The van der Waals surface area contributed by atoms with Crippen molar-refractivity contribution >= 4 is 46.8 Å². The van der Waals surface area contributed by atoms with E-state index in [1.54, 1.807) is 60.7 Å². The molecule has 0 aromatic heterocycles. The highest BCUT2D eigenvalue weighted by Crippen LogP contribution is 2.30. The molecule has 0 saturated heterocycles. The van der Waals surface area contributed by atoms with E-state index < -0.39 is 11.9 Å². The summed E-state index contributed by atoms with van der Waals surface area (Å²) >= 11 is 12.1. The Bertz CT molecular complexity index is 1210. The second-order valence-corrected chi connectivity index (χ2v) is 7.23. The van der Waals surface area contributed by atoms with Crippen LogP contribution in [0.4, 0.5) is 5.69 Å². The van der Waals surface area contributed by atoms with Crippen molar-refractivity contribution in [2.75, 3.05) is 12.4 Å². The monoisotopic (exact) mass is 466 g/mol. The van der Waals surface area contributed by atoms with Gasteiger partial charge < -0.3 is 14.8 Å². The van der Waals surface area contributed by atoms with Gasteiger partial charge in [0.25, 0.3) is 5.91 Å². The van der Waals surface area contributed by atoms with Crippen LogP contribution in [-0.2, 0) is 4.79 Å². The van der Waals surface area contributed by atoms with Gasteiger partial charge in [0.2, 0.25) is 0 Å². The molecule has 8 heteroatoms. The van der Waals surface area contributed by atoms with Crippen molar-refractivity contribution in [2.24, 2.45) is 0 Å². The Kier molecular flexibility index (Phi) is 7.50. The van der Waals surface area contributed by atoms with Gasteiger partial charge in [0.05, 0.1) is 28.4 Å². The van der Waals surface area contributed by atoms with Gasteiger partial charge >= 0.3 is 5.97 Å². The van der Waals surface area contributed by atoms with E-state index in [0.717, 1.165) is 0 Å². The maximum atomic E-state index is 12.5. The molecular weight excluding hydrogens is 451 g/mol. The van der Waals surface area contributed by atoms with Crippen molar-refractivity contribution in [3.05, 3.63) is 93.5 Å². The number of ether oxygens (including phenoxy) is 2. The van der Waals surface area contributed by atoms with E-state index in [-0.39, 0.29) is 27.1 Å². The van der Waals surface area contributed by atoms with Crippen LogP contribution in [0.25, 0.3) is 6.08 Å². The first-order chi connectivity index (χ1) is 15.4. The lowest BCUT2D eigenvalue weighted by Gasteiger charge is -2.09. The topological polar surface area (TPSA) is 88.4 Å². The predicted molar refractivity (Wildman–Crippen MR) is 123 cm³/mol. The standard InChI is InChI=1S/C24H16Cl2N2O4/c1-31-18-10-8-16(9-11-18)24(30)32-19-5-2-4-15(13-19)12-17(14-27)23(29)28-22-20(25)6-3-7-21(22)26/h2-13H,1H3,(H,28,29)/b17-12+. The molecule has 0 radical (unpaired) electrons. The molecule has 0 spiro atoms. The number of methoxy groups -OCH3 is 1. The van der Waals surface area contributed by atoms with Gasteiger partial charge in [-0.1, -0.05) is 41.4 Å². The number of nitrogens with zero attached hydrogens (tertiary/aromatic N) is 1. The highest BCUT2D eigenvalue weighted by molar-refractivity contribution is 6.40. The number of anilines is 1. The molecule has 1 amide bonds. The summed E-state index contributed by atoms with van der Waals surface area (Å²) in [7, 11) is 1.53. The molecule has 160 valence electrons. The molecule has 0 aliphatic heterocycles. The van der Waals surface area contributed by atoms with Gasteiger partial charge in [-0.3, -0.25) is 4.79 Å². The van der Waals surface area contributed by atoms with E-state index in [1.165, 1.54) is 19.3 Å². The maximum absolute atomic E-state index is 12.5. The minimum atomic E-state index is -0.678. The van der Waals surface area contributed by atoms with Gasteiger partial charge in [0, 0.05) is 0 Å². The zero-order valence-electron chi connectivity index (χ0n) is 16.8. The summed E-state index contributed by atoms with van der Waals surface area (Å²) in [4.78, 5) is 24.9. The third kappa shape index (κ3) is 5.67. The van der Waals surface area contributed by atoms with Crippen molar-refractivity contribution < 1.29 is 19.1 Å². The minimum Gasteiger partial charge on any atom is -0.497 e. The van der Waals surface area contributed by atoms with Crippen molar-refractivity contribution in [1.82, 2.24) is 0 Å². The lowest BCUT2D eigenvalue weighted by atomic mass is 10.1. The molecule has 6 nitrogen and oxygen atoms in total. The van der Waals surface area contributed by atoms with E-state index in [0.29, 0.717) is 16.9 Å². The molecule has 3 aromatic carbocycles. The number of esters is 1. The van der Waals surface area contributed by atoms with E-state index in [4.69, 9.17) is 32.7 Å². The Morgan fingerprint density at radius 1 is 0.969 bits per heavy atom. The predicted octanol–water partition coefficient (Wildman–Crippen LogP) is 5.77. The van der Waals surface area contributed by atoms with E-state index in [9.17, 15) is 14.9 Å². The average Bonchev–Trinajstić information content (AvgIpc) is 2.80. The summed E-state index contributed by atoms with van der Waals surface area (Å²) in [6.07, 6.45) is 1.37. The van der Waals surface area contributed by atoms with Crippen molar-refractivity contribution in [2.45, 2.75) is 0 Å². The number of carbonyl (C=O) groups excluding carboxylic acids is 2. The molecule has 0 atom stereocenters. The zero-order valence-corrected chi connectivity index (χ0v) is 18.3. The molecule has 3 aromatic rings. The fourth-order valence-corrected chi connectivity index (χ4v) is 3.17. The normalized spacial score (nSPS) is 10.8. The number of halogens is 2. The van der Waals surface area contributed by atoms with Gasteiger partial charge in [-0.05, 0) is 60.2 Å². The molecule has 0 fully saturated rings. The summed E-state index contributed by atoms with van der Waals surface area (Å²) in [6.45, 7) is 0. The van der Waals surface area contributed by atoms with Gasteiger partial charge in [0.1, 0.15) is 23.1 Å². The van der Waals surface area contributed by atoms with E-state index >= 15 is 0 Å². The summed E-state index contributed by atoms with van der Waals surface area (Å²) in [6, 6.07) is 19.5. The van der Waals surface area contributed by atoms with Crippen LogP contribution in [0.15, 0.2) is 72.3 Å². The lowest BCUT2D eigenvalue weighted by molar-refractivity contribution is -0.112. The molecule has 0 bridgehead atoms. The Labute approximate surface area is 194 Å². The minimum absolute atomic E-state index is 0.181. The number of nitriles is 1. The van der Waals surface area contributed by atoms with Crippen LogP contribution >= 0.6 is 23.2 Å². The largest absolute Gasteiger partial charge is 0.497 e. The summed E-state index contributed by atoms with van der Waals surface area (Å²) < 4.78 is 10.5. The highest BCUT2D eigenvalue weighted by atomic mass is 35.5. The van der Waals surface area contributed by atoms with Gasteiger partial charge in [-0.2, -0.15) is 5.26 Å². The van der Waals surface area contributed by atoms with Crippen LogP contribution in [0, 0.1) is 11.3 Å². The molecule has 0 aliphatic carbocycles. The van der Waals surface area contributed by atoms with Crippen molar-refractivity contribution in [3.63, 3.8) is 0 Å². The van der Waals surface area contributed by atoms with E-state index in [1.807, 2.05) is 6.07 Å². The Hall–Kier alpha value is -3.79. The molecule has 0 saturated carbocycles. The SMILES string of the molecule is COc1ccc(C(=O)Oc2cccc(/C=C(\C#N)C(=O)Nc3c(Cl)cccc3Cl)c2)cc1. The summed E-state index contributed by atoms with van der Waals surface area (Å²) in [5, 5.41) is 12.5.